The van der Waals surface area contributed by atoms with Gasteiger partial charge in [0.1, 0.15) is 24.2 Å². The molecule has 1 aromatic heterocycles. The third kappa shape index (κ3) is 3.36. The SMILES string of the molecule is Oc1ccc(OCC(O)c2ccc(Cl)s2)cc1. The van der Waals surface area contributed by atoms with Gasteiger partial charge in [-0.15, -0.1) is 11.3 Å². The van der Waals surface area contributed by atoms with Crippen LogP contribution in [0, 0.1) is 0 Å². The van der Waals surface area contributed by atoms with Gasteiger partial charge < -0.3 is 14.9 Å². The zero-order valence-corrected chi connectivity index (χ0v) is 10.4. The minimum absolute atomic E-state index is 0.154. The van der Waals surface area contributed by atoms with Crippen LogP contribution in [-0.2, 0) is 0 Å². The first-order chi connectivity index (χ1) is 8.15. The summed E-state index contributed by atoms with van der Waals surface area (Å²) in [6.45, 7) is 0.154. The number of phenolic OH excluding ortho intramolecular Hbond substituents is 1. The first-order valence-electron chi connectivity index (χ1n) is 5.00. The fourth-order valence-corrected chi connectivity index (χ4v) is 2.34. The van der Waals surface area contributed by atoms with Crippen LogP contribution in [0.5, 0.6) is 11.5 Å². The van der Waals surface area contributed by atoms with E-state index in [0.717, 1.165) is 4.88 Å². The predicted molar refractivity (Wildman–Crippen MR) is 67.9 cm³/mol. The normalized spacial score (nSPS) is 12.4. The number of aliphatic hydroxyl groups excluding tert-OH is 1. The molecule has 0 aliphatic rings. The number of halogens is 1. The highest BCUT2D eigenvalue weighted by Gasteiger charge is 2.10. The van der Waals surface area contributed by atoms with Crippen molar-refractivity contribution in [2.24, 2.45) is 0 Å². The van der Waals surface area contributed by atoms with E-state index in [1.165, 1.54) is 23.5 Å². The lowest BCUT2D eigenvalue weighted by atomic mass is 10.3. The van der Waals surface area contributed by atoms with Crippen molar-refractivity contribution in [2.45, 2.75) is 6.10 Å². The smallest absolute Gasteiger partial charge is 0.122 e. The highest BCUT2D eigenvalue weighted by atomic mass is 35.5. The van der Waals surface area contributed by atoms with Crippen LogP contribution in [0.15, 0.2) is 36.4 Å². The second-order valence-electron chi connectivity index (χ2n) is 3.46. The molecule has 0 saturated carbocycles. The fourth-order valence-electron chi connectivity index (χ4n) is 1.31. The fraction of sp³-hybridized carbons (Fsp3) is 0.167. The molecule has 0 radical (unpaired) electrons. The molecule has 1 aromatic carbocycles. The Morgan fingerprint density at radius 2 is 1.88 bits per heavy atom. The maximum absolute atomic E-state index is 9.83. The van der Waals surface area contributed by atoms with Crippen molar-refractivity contribution in [3.8, 4) is 11.5 Å². The van der Waals surface area contributed by atoms with Gasteiger partial charge in [0, 0.05) is 4.88 Å². The van der Waals surface area contributed by atoms with E-state index in [2.05, 4.69) is 0 Å². The summed E-state index contributed by atoms with van der Waals surface area (Å²) in [5.41, 5.74) is 0. The van der Waals surface area contributed by atoms with E-state index in [1.807, 2.05) is 0 Å². The Labute approximate surface area is 108 Å². The standard InChI is InChI=1S/C12H11ClO3S/c13-12-6-5-11(17-12)10(15)7-16-9-3-1-8(14)2-4-9/h1-6,10,14-15H,7H2. The lowest BCUT2D eigenvalue weighted by molar-refractivity contribution is 0.111. The van der Waals surface area contributed by atoms with E-state index in [4.69, 9.17) is 21.4 Å². The summed E-state index contributed by atoms with van der Waals surface area (Å²) in [5.74, 6) is 0.785. The van der Waals surface area contributed by atoms with Crippen LogP contribution in [0.2, 0.25) is 4.34 Å². The molecule has 0 saturated heterocycles. The molecular formula is C12H11ClO3S. The Morgan fingerprint density at radius 3 is 2.47 bits per heavy atom. The van der Waals surface area contributed by atoms with Gasteiger partial charge in [-0.05, 0) is 36.4 Å². The Balaban J connectivity index is 1.92. The van der Waals surface area contributed by atoms with Crippen LogP contribution in [0.4, 0.5) is 0 Å². The van der Waals surface area contributed by atoms with Crippen molar-refractivity contribution < 1.29 is 14.9 Å². The van der Waals surface area contributed by atoms with Crippen molar-refractivity contribution in [3.05, 3.63) is 45.6 Å². The molecule has 0 bridgehead atoms. The molecule has 1 unspecified atom stereocenters. The molecule has 2 N–H and O–H groups in total. The summed E-state index contributed by atoms with van der Waals surface area (Å²) < 4.78 is 6.03. The number of hydrogen-bond acceptors (Lipinski definition) is 4. The molecule has 5 heteroatoms. The average Bonchev–Trinajstić information content (AvgIpc) is 2.75. The predicted octanol–water partition coefficient (Wildman–Crippen LogP) is 3.22. The minimum Gasteiger partial charge on any atom is -0.508 e. The molecule has 1 atom stereocenters. The summed E-state index contributed by atoms with van der Waals surface area (Å²) >= 11 is 7.11. The summed E-state index contributed by atoms with van der Waals surface area (Å²) in [6.07, 6.45) is -0.693. The Morgan fingerprint density at radius 1 is 1.18 bits per heavy atom. The lowest BCUT2D eigenvalue weighted by Gasteiger charge is -2.10. The highest BCUT2D eigenvalue weighted by molar-refractivity contribution is 7.16. The molecule has 1 heterocycles. The number of rotatable bonds is 4. The van der Waals surface area contributed by atoms with E-state index < -0.39 is 6.10 Å². The third-order valence-corrected chi connectivity index (χ3v) is 3.50. The number of aliphatic hydroxyl groups is 1. The lowest BCUT2D eigenvalue weighted by Crippen LogP contribution is -2.08. The van der Waals surface area contributed by atoms with Crippen LogP contribution in [0.25, 0.3) is 0 Å². The number of thiophene rings is 1. The van der Waals surface area contributed by atoms with E-state index in [-0.39, 0.29) is 12.4 Å². The van der Waals surface area contributed by atoms with Crippen molar-refractivity contribution in [3.63, 3.8) is 0 Å². The molecule has 0 spiro atoms. The molecule has 0 fully saturated rings. The van der Waals surface area contributed by atoms with Crippen LogP contribution in [0.1, 0.15) is 11.0 Å². The number of phenols is 1. The van der Waals surface area contributed by atoms with Gasteiger partial charge in [-0.25, -0.2) is 0 Å². The van der Waals surface area contributed by atoms with Crippen molar-refractivity contribution in [1.82, 2.24) is 0 Å². The molecule has 0 aliphatic carbocycles. The molecule has 2 aromatic rings. The number of benzene rings is 1. The highest BCUT2D eigenvalue weighted by Crippen LogP contribution is 2.27. The second kappa shape index (κ2) is 5.40. The van der Waals surface area contributed by atoms with Gasteiger partial charge in [-0.2, -0.15) is 0 Å². The van der Waals surface area contributed by atoms with Gasteiger partial charge in [-0.1, -0.05) is 11.6 Å². The van der Waals surface area contributed by atoms with E-state index in [9.17, 15) is 5.11 Å². The van der Waals surface area contributed by atoms with Gasteiger partial charge in [0.05, 0.1) is 4.34 Å². The maximum Gasteiger partial charge on any atom is 0.122 e. The number of hydrogen-bond donors (Lipinski definition) is 2. The zero-order chi connectivity index (χ0) is 12.3. The van der Waals surface area contributed by atoms with Crippen LogP contribution in [0.3, 0.4) is 0 Å². The van der Waals surface area contributed by atoms with Crippen LogP contribution >= 0.6 is 22.9 Å². The first-order valence-corrected chi connectivity index (χ1v) is 6.20. The van der Waals surface area contributed by atoms with Crippen molar-refractivity contribution in [1.29, 1.82) is 0 Å². The van der Waals surface area contributed by atoms with Crippen LogP contribution in [-0.4, -0.2) is 16.8 Å². The minimum atomic E-state index is -0.693. The molecular weight excluding hydrogens is 260 g/mol. The van der Waals surface area contributed by atoms with Crippen molar-refractivity contribution >= 4 is 22.9 Å². The average molecular weight is 271 g/mol. The molecule has 17 heavy (non-hydrogen) atoms. The summed E-state index contributed by atoms with van der Waals surface area (Å²) in [6, 6.07) is 9.86. The van der Waals surface area contributed by atoms with Crippen LogP contribution < -0.4 is 4.74 Å². The van der Waals surface area contributed by atoms with E-state index >= 15 is 0 Å². The summed E-state index contributed by atoms with van der Waals surface area (Å²) in [4.78, 5) is 0.772. The topological polar surface area (TPSA) is 49.7 Å². The maximum atomic E-state index is 9.83. The largest absolute Gasteiger partial charge is 0.508 e. The first kappa shape index (κ1) is 12.2. The Hall–Kier alpha value is -1.23. The monoisotopic (exact) mass is 270 g/mol. The third-order valence-electron chi connectivity index (χ3n) is 2.17. The Kier molecular flexibility index (Phi) is 3.89. The molecule has 0 aliphatic heterocycles. The molecule has 2 rings (SSSR count). The second-order valence-corrected chi connectivity index (χ2v) is 5.21. The van der Waals surface area contributed by atoms with E-state index in [1.54, 1.807) is 24.3 Å². The molecule has 0 amide bonds. The van der Waals surface area contributed by atoms with E-state index in [0.29, 0.717) is 10.1 Å². The van der Waals surface area contributed by atoms with Gasteiger partial charge in [0.25, 0.3) is 0 Å². The number of ether oxygens (including phenoxy) is 1. The van der Waals surface area contributed by atoms with Crippen molar-refractivity contribution in [2.75, 3.05) is 6.61 Å². The summed E-state index contributed by atoms with van der Waals surface area (Å²) in [5, 5.41) is 18.9. The van der Waals surface area contributed by atoms with Gasteiger partial charge >= 0.3 is 0 Å². The summed E-state index contributed by atoms with van der Waals surface area (Å²) in [7, 11) is 0. The van der Waals surface area contributed by atoms with Gasteiger partial charge in [0.2, 0.25) is 0 Å². The molecule has 3 nitrogen and oxygen atoms in total. The van der Waals surface area contributed by atoms with Gasteiger partial charge in [0.15, 0.2) is 0 Å². The zero-order valence-electron chi connectivity index (χ0n) is 8.84. The molecule has 90 valence electrons. The quantitative estimate of drug-likeness (QED) is 0.897. The van der Waals surface area contributed by atoms with Gasteiger partial charge in [-0.3, -0.25) is 0 Å². The number of aromatic hydroxyl groups is 1. The Bertz CT molecular complexity index is 481.